The SMILES string of the molecule is CCCOCc1cc(OC)c(-c2ccc(C[C@H](N)C(=O)OC)cc2)c(OC)c1. The summed E-state index contributed by atoms with van der Waals surface area (Å²) in [5, 5.41) is 0. The Labute approximate surface area is 166 Å². The molecule has 0 heterocycles. The van der Waals surface area contributed by atoms with Crippen LogP contribution in [0.3, 0.4) is 0 Å². The van der Waals surface area contributed by atoms with E-state index in [2.05, 4.69) is 11.7 Å². The molecule has 0 unspecified atom stereocenters. The molecule has 0 saturated carbocycles. The molecule has 0 aliphatic heterocycles. The van der Waals surface area contributed by atoms with E-state index in [4.69, 9.17) is 19.9 Å². The standard InChI is InChI=1S/C22H29NO5/c1-5-10-28-14-16-12-19(25-2)21(20(13-16)26-3)17-8-6-15(7-9-17)11-18(23)22(24)27-4/h6-9,12-13,18H,5,10-11,14,23H2,1-4H3/t18-/m0/s1. The zero-order chi connectivity index (χ0) is 20.5. The summed E-state index contributed by atoms with van der Waals surface area (Å²) in [7, 11) is 4.61. The van der Waals surface area contributed by atoms with E-state index >= 15 is 0 Å². The van der Waals surface area contributed by atoms with Gasteiger partial charge in [0.1, 0.15) is 17.5 Å². The molecule has 28 heavy (non-hydrogen) atoms. The fourth-order valence-electron chi connectivity index (χ4n) is 2.96. The summed E-state index contributed by atoms with van der Waals surface area (Å²) in [6.07, 6.45) is 1.38. The normalized spacial score (nSPS) is 11.8. The Bertz CT molecular complexity index is 748. The maximum Gasteiger partial charge on any atom is 0.322 e. The van der Waals surface area contributed by atoms with E-state index in [1.165, 1.54) is 7.11 Å². The van der Waals surface area contributed by atoms with E-state index in [0.29, 0.717) is 31.1 Å². The largest absolute Gasteiger partial charge is 0.496 e. The van der Waals surface area contributed by atoms with Gasteiger partial charge in [-0.2, -0.15) is 0 Å². The number of ether oxygens (including phenoxy) is 4. The first-order valence-electron chi connectivity index (χ1n) is 9.29. The predicted molar refractivity (Wildman–Crippen MR) is 109 cm³/mol. The van der Waals surface area contributed by atoms with Crippen molar-refractivity contribution in [1.82, 2.24) is 0 Å². The minimum atomic E-state index is -0.678. The molecule has 0 fully saturated rings. The maximum atomic E-state index is 11.5. The van der Waals surface area contributed by atoms with Gasteiger partial charge in [-0.3, -0.25) is 4.79 Å². The molecule has 0 aliphatic rings. The van der Waals surface area contributed by atoms with Gasteiger partial charge >= 0.3 is 5.97 Å². The molecular formula is C22H29NO5. The summed E-state index contributed by atoms with van der Waals surface area (Å²) in [5.41, 5.74) is 9.60. The van der Waals surface area contributed by atoms with Crippen LogP contribution >= 0.6 is 0 Å². The number of nitrogens with two attached hydrogens (primary N) is 1. The van der Waals surface area contributed by atoms with Crippen LogP contribution in [0.25, 0.3) is 11.1 Å². The van der Waals surface area contributed by atoms with Crippen LogP contribution in [0.2, 0.25) is 0 Å². The van der Waals surface area contributed by atoms with Crippen molar-refractivity contribution >= 4 is 5.97 Å². The molecule has 0 spiro atoms. The summed E-state index contributed by atoms with van der Waals surface area (Å²) >= 11 is 0. The van der Waals surface area contributed by atoms with Gasteiger partial charge in [0, 0.05) is 6.61 Å². The Morgan fingerprint density at radius 2 is 1.61 bits per heavy atom. The maximum absolute atomic E-state index is 11.5. The Morgan fingerprint density at radius 3 is 2.11 bits per heavy atom. The third-order valence-electron chi connectivity index (χ3n) is 4.38. The number of carbonyl (C=O) groups is 1. The Morgan fingerprint density at radius 1 is 1.00 bits per heavy atom. The van der Waals surface area contributed by atoms with Gasteiger partial charge in [-0.25, -0.2) is 0 Å². The van der Waals surface area contributed by atoms with Gasteiger partial charge < -0.3 is 24.7 Å². The lowest BCUT2D eigenvalue weighted by atomic mass is 9.98. The highest BCUT2D eigenvalue weighted by Crippen LogP contribution is 2.39. The quantitative estimate of drug-likeness (QED) is 0.497. The van der Waals surface area contributed by atoms with Gasteiger partial charge in [-0.1, -0.05) is 31.2 Å². The zero-order valence-electron chi connectivity index (χ0n) is 17.0. The molecule has 0 aliphatic carbocycles. The van der Waals surface area contributed by atoms with Crippen molar-refractivity contribution in [1.29, 1.82) is 0 Å². The molecule has 0 aromatic heterocycles. The first-order valence-corrected chi connectivity index (χ1v) is 9.29. The van der Waals surface area contributed by atoms with Crippen molar-refractivity contribution in [2.24, 2.45) is 5.73 Å². The predicted octanol–water partition coefficient (Wildman–Crippen LogP) is 3.34. The zero-order valence-corrected chi connectivity index (χ0v) is 17.0. The van der Waals surface area contributed by atoms with Crippen molar-refractivity contribution < 1.29 is 23.7 Å². The molecule has 1 atom stereocenters. The van der Waals surface area contributed by atoms with Crippen molar-refractivity contribution in [2.75, 3.05) is 27.9 Å². The first-order chi connectivity index (χ1) is 13.5. The fourth-order valence-corrected chi connectivity index (χ4v) is 2.96. The molecule has 0 saturated heterocycles. The highest BCUT2D eigenvalue weighted by atomic mass is 16.5. The Hall–Kier alpha value is -2.57. The van der Waals surface area contributed by atoms with Crippen molar-refractivity contribution in [3.8, 4) is 22.6 Å². The number of methoxy groups -OCH3 is 3. The molecule has 6 heteroatoms. The molecule has 0 radical (unpaired) electrons. The average molecular weight is 387 g/mol. The topological polar surface area (TPSA) is 80.0 Å². The summed E-state index contributed by atoms with van der Waals surface area (Å²) in [4.78, 5) is 11.5. The summed E-state index contributed by atoms with van der Waals surface area (Å²) < 4.78 is 21.5. The third kappa shape index (κ3) is 5.47. The molecule has 2 rings (SSSR count). The van der Waals surface area contributed by atoms with Crippen molar-refractivity contribution in [3.05, 3.63) is 47.5 Å². The van der Waals surface area contributed by atoms with Crippen LogP contribution in [-0.4, -0.2) is 39.9 Å². The third-order valence-corrected chi connectivity index (χ3v) is 4.38. The first kappa shape index (κ1) is 21.7. The lowest BCUT2D eigenvalue weighted by molar-refractivity contribution is -0.142. The molecule has 6 nitrogen and oxygen atoms in total. The van der Waals surface area contributed by atoms with Crippen LogP contribution < -0.4 is 15.2 Å². The molecule has 2 aromatic rings. The number of hydrogen-bond donors (Lipinski definition) is 1. The number of rotatable bonds is 10. The smallest absolute Gasteiger partial charge is 0.322 e. The molecule has 0 amide bonds. The second-order valence-electron chi connectivity index (χ2n) is 6.46. The Balaban J connectivity index is 2.29. The number of carbonyl (C=O) groups excluding carboxylic acids is 1. The number of benzene rings is 2. The van der Waals surface area contributed by atoms with E-state index in [0.717, 1.165) is 28.7 Å². The van der Waals surface area contributed by atoms with Gasteiger partial charge in [0.05, 0.1) is 33.5 Å². The lowest BCUT2D eigenvalue weighted by Crippen LogP contribution is -2.33. The second-order valence-corrected chi connectivity index (χ2v) is 6.46. The van der Waals surface area contributed by atoms with Gasteiger partial charge in [-0.15, -0.1) is 0 Å². The lowest BCUT2D eigenvalue weighted by Gasteiger charge is -2.16. The van der Waals surface area contributed by atoms with Crippen LogP contribution in [0.4, 0.5) is 0 Å². The van der Waals surface area contributed by atoms with Gasteiger partial charge in [0.2, 0.25) is 0 Å². The van der Waals surface area contributed by atoms with Crippen LogP contribution in [-0.2, 0) is 27.3 Å². The summed E-state index contributed by atoms with van der Waals surface area (Å²) in [6, 6.07) is 11.1. The average Bonchev–Trinajstić information content (AvgIpc) is 2.73. The van der Waals surface area contributed by atoms with Crippen molar-refractivity contribution in [3.63, 3.8) is 0 Å². The summed E-state index contributed by atoms with van der Waals surface area (Å²) in [5.74, 6) is 1.01. The molecule has 0 bridgehead atoms. The molecular weight excluding hydrogens is 358 g/mol. The highest BCUT2D eigenvalue weighted by Gasteiger charge is 2.17. The minimum absolute atomic E-state index is 0.412. The van der Waals surface area contributed by atoms with Crippen LogP contribution in [0.5, 0.6) is 11.5 Å². The fraction of sp³-hybridized carbons (Fsp3) is 0.409. The molecule has 2 aromatic carbocycles. The van der Waals surface area contributed by atoms with E-state index in [1.54, 1.807) is 14.2 Å². The van der Waals surface area contributed by atoms with Gasteiger partial charge in [0.15, 0.2) is 0 Å². The molecule has 152 valence electrons. The molecule has 2 N–H and O–H groups in total. The monoisotopic (exact) mass is 387 g/mol. The number of esters is 1. The van der Waals surface area contributed by atoms with E-state index < -0.39 is 12.0 Å². The van der Waals surface area contributed by atoms with E-state index in [1.807, 2.05) is 36.4 Å². The van der Waals surface area contributed by atoms with E-state index in [-0.39, 0.29) is 0 Å². The summed E-state index contributed by atoms with van der Waals surface area (Å²) in [6.45, 7) is 3.29. The minimum Gasteiger partial charge on any atom is -0.496 e. The van der Waals surface area contributed by atoms with Crippen LogP contribution in [0, 0.1) is 0 Å². The second kappa shape index (κ2) is 10.7. The van der Waals surface area contributed by atoms with Crippen LogP contribution in [0.15, 0.2) is 36.4 Å². The van der Waals surface area contributed by atoms with Crippen molar-refractivity contribution in [2.45, 2.75) is 32.4 Å². The van der Waals surface area contributed by atoms with E-state index in [9.17, 15) is 4.79 Å². The Kier molecular flexibility index (Phi) is 8.29. The van der Waals surface area contributed by atoms with Gasteiger partial charge in [0.25, 0.3) is 0 Å². The van der Waals surface area contributed by atoms with Crippen LogP contribution in [0.1, 0.15) is 24.5 Å². The highest BCUT2D eigenvalue weighted by molar-refractivity contribution is 5.78. The van der Waals surface area contributed by atoms with Gasteiger partial charge in [-0.05, 0) is 41.7 Å². The number of hydrogen-bond acceptors (Lipinski definition) is 6.